The van der Waals surface area contributed by atoms with Crippen molar-refractivity contribution >= 4 is 0 Å². The van der Waals surface area contributed by atoms with Crippen LogP contribution in [0.2, 0.25) is 0 Å². The average molecular weight is 241 g/mol. The van der Waals surface area contributed by atoms with E-state index in [9.17, 15) is 5.11 Å². The molecule has 0 heterocycles. The molecule has 0 saturated carbocycles. The first-order valence-electron chi connectivity index (χ1n) is 6.28. The van der Waals surface area contributed by atoms with Crippen molar-refractivity contribution < 1.29 is 5.11 Å². The van der Waals surface area contributed by atoms with Gasteiger partial charge in [0.2, 0.25) is 0 Å². The van der Waals surface area contributed by atoms with Gasteiger partial charge in [0, 0.05) is 6.04 Å². The van der Waals surface area contributed by atoms with Gasteiger partial charge in [-0.2, -0.15) is 0 Å². The van der Waals surface area contributed by atoms with Crippen molar-refractivity contribution in [3.63, 3.8) is 0 Å². The first-order valence-corrected chi connectivity index (χ1v) is 6.28. The molecular weight excluding hydrogens is 222 g/mol. The van der Waals surface area contributed by atoms with Gasteiger partial charge in [-0.3, -0.25) is 0 Å². The quantitative estimate of drug-likeness (QED) is 0.843. The van der Waals surface area contributed by atoms with Gasteiger partial charge in [0.15, 0.2) is 0 Å². The normalized spacial score (nSPS) is 14.1. The van der Waals surface area contributed by atoms with E-state index in [1.54, 1.807) is 0 Å². The highest BCUT2D eigenvalue weighted by Gasteiger charge is 2.13. The number of hydrogen-bond donors (Lipinski definition) is 2. The molecule has 0 aromatic heterocycles. The highest BCUT2D eigenvalue weighted by Crippen LogP contribution is 2.18. The van der Waals surface area contributed by atoms with E-state index in [0.29, 0.717) is 0 Å². The van der Waals surface area contributed by atoms with E-state index in [0.717, 1.165) is 5.56 Å². The lowest BCUT2D eigenvalue weighted by Gasteiger charge is -2.22. The van der Waals surface area contributed by atoms with Crippen LogP contribution in [0.3, 0.4) is 0 Å². The van der Waals surface area contributed by atoms with Crippen molar-refractivity contribution in [3.8, 4) is 0 Å². The maximum atomic E-state index is 9.51. The fourth-order valence-corrected chi connectivity index (χ4v) is 2.08. The Balaban J connectivity index is 2.07. The van der Waals surface area contributed by atoms with Crippen LogP contribution in [0.15, 0.2) is 60.7 Å². The van der Waals surface area contributed by atoms with Crippen LogP contribution in [-0.2, 0) is 0 Å². The zero-order valence-corrected chi connectivity index (χ0v) is 10.6. The Morgan fingerprint density at radius 2 is 1.39 bits per heavy atom. The predicted octanol–water partition coefficient (Wildman–Crippen LogP) is 3.07. The van der Waals surface area contributed by atoms with Gasteiger partial charge in [0.1, 0.15) is 0 Å². The third-order valence-electron chi connectivity index (χ3n) is 3.14. The zero-order chi connectivity index (χ0) is 12.8. The summed E-state index contributed by atoms with van der Waals surface area (Å²) in [5, 5.41) is 13.0. The minimum atomic E-state index is -0.0265. The lowest BCUT2D eigenvalue weighted by atomic mass is 10.0. The topological polar surface area (TPSA) is 32.3 Å². The predicted molar refractivity (Wildman–Crippen MR) is 74.3 cm³/mol. The van der Waals surface area contributed by atoms with Crippen molar-refractivity contribution in [1.29, 1.82) is 0 Å². The Bertz CT molecular complexity index is 455. The van der Waals surface area contributed by atoms with E-state index in [2.05, 4.69) is 24.4 Å². The molecule has 0 fully saturated rings. The van der Waals surface area contributed by atoms with Crippen molar-refractivity contribution in [2.75, 3.05) is 6.61 Å². The van der Waals surface area contributed by atoms with Gasteiger partial charge in [-0.25, -0.2) is 0 Å². The molecule has 2 nitrogen and oxygen atoms in total. The lowest BCUT2D eigenvalue weighted by Crippen LogP contribution is -2.27. The molecule has 94 valence electrons. The van der Waals surface area contributed by atoms with Crippen molar-refractivity contribution in [3.05, 3.63) is 71.8 Å². The van der Waals surface area contributed by atoms with E-state index < -0.39 is 0 Å². The zero-order valence-electron chi connectivity index (χ0n) is 10.6. The maximum absolute atomic E-state index is 9.51. The molecule has 2 aromatic rings. The van der Waals surface area contributed by atoms with Crippen molar-refractivity contribution in [2.24, 2.45) is 0 Å². The van der Waals surface area contributed by atoms with Crippen LogP contribution in [0, 0.1) is 0 Å². The summed E-state index contributed by atoms with van der Waals surface area (Å²) < 4.78 is 0. The third kappa shape index (κ3) is 3.19. The summed E-state index contributed by atoms with van der Waals surface area (Å²) in [6.45, 7) is 2.21. The molecule has 0 bridgehead atoms. The molecule has 0 amide bonds. The third-order valence-corrected chi connectivity index (χ3v) is 3.14. The molecule has 0 aliphatic carbocycles. The molecule has 2 atom stereocenters. The Labute approximate surface area is 108 Å². The van der Waals surface area contributed by atoms with Gasteiger partial charge in [-0.05, 0) is 18.1 Å². The molecule has 0 spiro atoms. The van der Waals surface area contributed by atoms with Gasteiger partial charge in [-0.1, -0.05) is 60.7 Å². The van der Waals surface area contributed by atoms with Crippen LogP contribution in [0.4, 0.5) is 0 Å². The Morgan fingerprint density at radius 1 is 0.889 bits per heavy atom. The summed E-state index contributed by atoms with van der Waals surface area (Å²) in [7, 11) is 0. The summed E-state index contributed by atoms with van der Waals surface area (Å²) in [6, 6.07) is 20.5. The standard InChI is InChI=1S/C16H19NO/c1-13(14-8-4-2-5-9-14)17-16(12-18)15-10-6-3-7-11-15/h2-11,13,16-18H,12H2,1H3/t13-,16+/m1/s1. The molecular formula is C16H19NO. The number of aliphatic hydroxyl groups is 1. The van der Waals surface area contributed by atoms with E-state index >= 15 is 0 Å². The number of benzene rings is 2. The smallest absolute Gasteiger partial charge is 0.0626 e. The largest absolute Gasteiger partial charge is 0.394 e. The summed E-state index contributed by atoms with van der Waals surface area (Å²) in [5.41, 5.74) is 2.34. The highest BCUT2D eigenvalue weighted by atomic mass is 16.3. The molecule has 0 saturated heterocycles. The second-order valence-electron chi connectivity index (χ2n) is 4.44. The SMILES string of the molecule is C[C@@H](N[C@@H](CO)c1ccccc1)c1ccccc1. The van der Waals surface area contributed by atoms with Crippen LogP contribution < -0.4 is 5.32 Å². The van der Waals surface area contributed by atoms with Crippen LogP contribution in [0.5, 0.6) is 0 Å². The molecule has 18 heavy (non-hydrogen) atoms. The van der Waals surface area contributed by atoms with Crippen LogP contribution in [-0.4, -0.2) is 11.7 Å². The average Bonchev–Trinajstić information content (AvgIpc) is 2.46. The number of rotatable bonds is 5. The fraction of sp³-hybridized carbons (Fsp3) is 0.250. The van der Waals surface area contributed by atoms with Gasteiger partial charge in [0.05, 0.1) is 12.6 Å². The van der Waals surface area contributed by atoms with Crippen LogP contribution >= 0.6 is 0 Å². The molecule has 0 aliphatic rings. The second kappa shape index (κ2) is 6.34. The number of aliphatic hydroxyl groups excluding tert-OH is 1. The molecule has 2 N–H and O–H groups in total. The summed E-state index contributed by atoms with van der Waals surface area (Å²) in [5.74, 6) is 0. The highest BCUT2D eigenvalue weighted by molar-refractivity contribution is 5.22. The van der Waals surface area contributed by atoms with E-state index in [1.165, 1.54) is 5.56 Å². The van der Waals surface area contributed by atoms with Crippen molar-refractivity contribution in [2.45, 2.75) is 19.0 Å². The van der Waals surface area contributed by atoms with E-state index in [4.69, 9.17) is 0 Å². The summed E-state index contributed by atoms with van der Waals surface area (Å²) >= 11 is 0. The first-order chi connectivity index (χ1) is 8.81. The molecule has 0 radical (unpaired) electrons. The molecule has 2 heteroatoms. The molecule has 2 rings (SSSR count). The molecule has 0 aliphatic heterocycles. The van der Waals surface area contributed by atoms with Crippen LogP contribution in [0.25, 0.3) is 0 Å². The number of nitrogens with one attached hydrogen (secondary N) is 1. The Hall–Kier alpha value is -1.64. The first kappa shape index (κ1) is 12.8. The summed E-state index contributed by atoms with van der Waals surface area (Å²) in [6.07, 6.45) is 0. The minimum Gasteiger partial charge on any atom is -0.394 e. The van der Waals surface area contributed by atoms with Gasteiger partial charge in [0.25, 0.3) is 0 Å². The fourth-order valence-electron chi connectivity index (χ4n) is 2.08. The lowest BCUT2D eigenvalue weighted by molar-refractivity contribution is 0.235. The Morgan fingerprint density at radius 3 is 1.89 bits per heavy atom. The van der Waals surface area contributed by atoms with Gasteiger partial charge >= 0.3 is 0 Å². The number of hydrogen-bond acceptors (Lipinski definition) is 2. The Kier molecular flexibility index (Phi) is 4.51. The minimum absolute atomic E-state index is 0.0265. The van der Waals surface area contributed by atoms with Crippen molar-refractivity contribution in [1.82, 2.24) is 5.32 Å². The van der Waals surface area contributed by atoms with Gasteiger partial charge < -0.3 is 10.4 Å². The summed E-state index contributed by atoms with van der Waals surface area (Å²) in [4.78, 5) is 0. The van der Waals surface area contributed by atoms with Gasteiger partial charge in [-0.15, -0.1) is 0 Å². The van der Waals surface area contributed by atoms with E-state index in [1.807, 2.05) is 48.5 Å². The monoisotopic (exact) mass is 241 g/mol. The van der Waals surface area contributed by atoms with E-state index in [-0.39, 0.29) is 18.7 Å². The maximum Gasteiger partial charge on any atom is 0.0626 e. The molecule has 2 aromatic carbocycles. The van der Waals surface area contributed by atoms with Crippen LogP contribution in [0.1, 0.15) is 30.1 Å². The second-order valence-corrected chi connectivity index (χ2v) is 4.44. The molecule has 0 unspecified atom stereocenters.